The van der Waals surface area contributed by atoms with E-state index in [-0.39, 0.29) is 11.7 Å². The number of hydrazone groups is 1. The molecule has 0 bridgehead atoms. The third kappa shape index (κ3) is 5.12. The number of non-ortho nitro benzene ring substituents is 1. The number of hydrogen-bond acceptors (Lipinski definition) is 5. The predicted octanol–water partition coefficient (Wildman–Crippen LogP) is 5.95. The molecule has 0 aromatic heterocycles. The Hall–Kier alpha value is -3.91. The third-order valence-electron chi connectivity index (χ3n) is 5.45. The Labute approximate surface area is 195 Å². The van der Waals surface area contributed by atoms with Crippen molar-refractivity contribution >= 4 is 40.4 Å². The van der Waals surface area contributed by atoms with Crippen LogP contribution in [0.3, 0.4) is 0 Å². The highest BCUT2D eigenvalue weighted by molar-refractivity contribution is 6.31. The highest BCUT2D eigenvalue weighted by atomic mass is 35.5. The van der Waals surface area contributed by atoms with Crippen LogP contribution in [0.15, 0.2) is 65.8 Å². The molecule has 0 aliphatic carbocycles. The summed E-state index contributed by atoms with van der Waals surface area (Å²) in [5.41, 5.74) is 8.80. The second-order valence-electron chi connectivity index (χ2n) is 7.88. The van der Waals surface area contributed by atoms with Crippen LogP contribution in [0.2, 0.25) is 5.02 Å². The zero-order valence-corrected chi connectivity index (χ0v) is 18.8. The Morgan fingerprint density at radius 3 is 2.58 bits per heavy atom. The SMILES string of the molecule is Cc1ccc(C2CC(=NNC(=O)Nc3ccc([N+](=O)[O-])cc3)c3cc(Cl)ccc3N2)c(C)c1. The first-order chi connectivity index (χ1) is 15.8. The van der Waals surface area contributed by atoms with E-state index in [4.69, 9.17) is 11.6 Å². The maximum Gasteiger partial charge on any atom is 0.339 e. The van der Waals surface area contributed by atoms with Crippen LogP contribution in [0.4, 0.5) is 21.9 Å². The van der Waals surface area contributed by atoms with Crippen molar-refractivity contribution in [2.75, 3.05) is 10.6 Å². The van der Waals surface area contributed by atoms with Gasteiger partial charge in [-0.3, -0.25) is 10.1 Å². The number of aryl methyl sites for hydroxylation is 2. The van der Waals surface area contributed by atoms with Gasteiger partial charge in [0.2, 0.25) is 0 Å². The first-order valence-corrected chi connectivity index (χ1v) is 10.7. The Morgan fingerprint density at radius 1 is 1.12 bits per heavy atom. The van der Waals surface area contributed by atoms with Crippen molar-refractivity contribution in [3.63, 3.8) is 0 Å². The summed E-state index contributed by atoms with van der Waals surface area (Å²) in [5, 5.41) is 21.9. The van der Waals surface area contributed by atoms with Gasteiger partial charge in [0, 0.05) is 40.5 Å². The van der Waals surface area contributed by atoms with Crippen molar-refractivity contribution in [3.8, 4) is 0 Å². The first kappa shape index (κ1) is 22.3. The Balaban J connectivity index is 1.56. The van der Waals surface area contributed by atoms with E-state index in [1.54, 1.807) is 0 Å². The average Bonchev–Trinajstić information content (AvgIpc) is 2.78. The maximum atomic E-state index is 12.4. The molecule has 2 amide bonds. The average molecular weight is 464 g/mol. The molecule has 33 heavy (non-hydrogen) atoms. The predicted molar refractivity (Wildman–Crippen MR) is 130 cm³/mol. The quantitative estimate of drug-likeness (QED) is 0.328. The fourth-order valence-corrected chi connectivity index (χ4v) is 4.05. The number of carbonyl (C=O) groups excluding carboxylic acids is 1. The monoisotopic (exact) mass is 463 g/mol. The Bertz CT molecular complexity index is 1260. The van der Waals surface area contributed by atoms with Crippen molar-refractivity contribution in [1.82, 2.24) is 5.43 Å². The summed E-state index contributed by atoms with van der Waals surface area (Å²) in [7, 11) is 0. The lowest BCUT2D eigenvalue weighted by Crippen LogP contribution is -2.29. The second kappa shape index (κ2) is 9.30. The van der Waals surface area contributed by atoms with E-state index in [2.05, 4.69) is 53.2 Å². The minimum atomic E-state index is -0.554. The van der Waals surface area contributed by atoms with Crippen molar-refractivity contribution in [1.29, 1.82) is 0 Å². The number of fused-ring (bicyclic) bond motifs is 1. The van der Waals surface area contributed by atoms with Gasteiger partial charge >= 0.3 is 6.03 Å². The molecule has 0 saturated carbocycles. The number of hydrogen-bond donors (Lipinski definition) is 3. The highest BCUT2D eigenvalue weighted by Gasteiger charge is 2.26. The van der Waals surface area contributed by atoms with Gasteiger partial charge in [-0.1, -0.05) is 35.4 Å². The van der Waals surface area contributed by atoms with Gasteiger partial charge in [0.05, 0.1) is 16.7 Å². The van der Waals surface area contributed by atoms with E-state index in [1.165, 1.54) is 35.4 Å². The zero-order valence-electron chi connectivity index (χ0n) is 18.1. The van der Waals surface area contributed by atoms with Crippen LogP contribution in [-0.2, 0) is 0 Å². The fourth-order valence-electron chi connectivity index (χ4n) is 3.88. The molecule has 9 heteroatoms. The number of nitrogens with zero attached hydrogens (tertiary/aromatic N) is 2. The summed E-state index contributed by atoms with van der Waals surface area (Å²) in [6.45, 7) is 4.14. The summed E-state index contributed by atoms with van der Waals surface area (Å²) in [4.78, 5) is 22.7. The molecule has 1 aliphatic heterocycles. The lowest BCUT2D eigenvalue weighted by Gasteiger charge is -2.29. The lowest BCUT2D eigenvalue weighted by molar-refractivity contribution is -0.384. The van der Waals surface area contributed by atoms with E-state index >= 15 is 0 Å². The number of urea groups is 1. The molecule has 1 atom stereocenters. The number of nitrogens with one attached hydrogen (secondary N) is 3. The van der Waals surface area contributed by atoms with E-state index in [0.717, 1.165) is 16.8 Å². The smallest absolute Gasteiger partial charge is 0.339 e. The fraction of sp³-hybridized carbons (Fsp3) is 0.167. The summed E-state index contributed by atoms with van der Waals surface area (Å²) >= 11 is 6.21. The standard InChI is InChI=1S/C24H22ClN5O3/c1-14-3-9-19(15(2)11-14)22-13-23(20-12-16(25)4-10-21(20)27-22)28-29-24(31)26-17-5-7-18(8-6-17)30(32)33/h3-12,22,27H,13H2,1-2H3,(H2,26,29,31). The molecule has 1 aliphatic rings. The van der Waals surface area contributed by atoms with Gasteiger partial charge in [-0.05, 0) is 55.3 Å². The second-order valence-corrected chi connectivity index (χ2v) is 8.32. The molecule has 3 N–H and O–H groups in total. The van der Waals surface area contributed by atoms with E-state index in [0.29, 0.717) is 22.8 Å². The molecule has 3 aromatic rings. The number of halogens is 1. The molecule has 0 saturated heterocycles. The van der Waals surface area contributed by atoms with Crippen LogP contribution in [0.5, 0.6) is 0 Å². The Morgan fingerprint density at radius 2 is 1.88 bits per heavy atom. The van der Waals surface area contributed by atoms with Crippen molar-refractivity contribution in [3.05, 3.63) is 98.1 Å². The lowest BCUT2D eigenvalue weighted by atomic mass is 9.89. The van der Waals surface area contributed by atoms with Gasteiger partial charge in [0.15, 0.2) is 0 Å². The molecule has 1 unspecified atom stereocenters. The molecule has 0 fully saturated rings. The molecular weight excluding hydrogens is 442 g/mol. The zero-order chi connectivity index (χ0) is 23.5. The van der Waals surface area contributed by atoms with Gasteiger partial charge in [-0.15, -0.1) is 0 Å². The number of nitro groups is 1. The topological polar surface area (TPSA) is 109 Å². The number of amides is 2. The number of anilines is 2. The molecule has 3 aromatic carbocycles. The van der Waals surface area contributed by atoms with Crippen LogP contribution in [0, 0.1) is 24.0 Å². The summed E-state index contributed by atoms with van der Waals surface area (Å²) in [5.74, 6) is 0. The van der Waals surface area contributed by atoms with Gasteiger partial charge in [-0.2, -0.15) is 5.10 Å². The third-order valence-corrected chi connectivity index (χ3v) is 5.68. The van der Waals surface area contributed by atoms with E-state index in [1.807, 2.05) is 18.2 Å². The summed E-state index contributed by atoms with van der Waals surface area (Å²) in [6, 6.07) is 16.8. The number of rotatable bonds is 4. The van der Waals surface area contributed by atoms with Crippen LogP contribution < -0.4 is 16.1 Å². The molecule has 0 spiro atoms. The number of carbonyl (C=O) groups is 1. The van der Waals surface area contributed by atoms with Crippen LogP contribution in [-0.4, -0.2) is 16.7 Å². The van der Waals surface area contributed by atoms with Crippen molar-refractivity contribution < 1.29 is 9.72 Å². The largest absolute Gasteiger partial charge is 0.377 e. The minimum absolute atomic E-state index is 0.0161. The molecule has 0 radical (unpaired) electrons. The summed E-state index contributed by atoms with van der Waals surface area (Å²) in [6.07, 6.45) is 0.551. The number of benzene rings is 3. The van der Waals surface area contributed by atoms with Gasteiger partial charge < -0.3 is 10.6 Å². The Kier molecular flexibility index (Phi) is 6.28. The number of nitro benzene ring substituents is 1. The van der Waals surface area contributed by atoms with E-state index in [9.17, 15) is 14.9 Å². The highest BCUT2D eigenvalue weighted by Crippen LogP contribution is 2.35. The van der Waals surface area contributed by atoms with Crippen molar-refractivity contribution in [2.24, 2.45) is 5.10 Å². The van der Waals surface area contributed by atoms with Crippen LogP contribution in [0.1, 0.15) is 34.7 Å². The molecule has 8 nitrogen and oxygen atoms in total. The first-order valence-electron chi connectivity index (χ1n) is 10.3. The molecule has 168 valence electrons. The molecular formula is C24H22ClN5O3. The minimum Gasteiger partial charge on any atom is -0.377 e. The summed E-state index contributed by atoms with van der Waals surface area (Å²) < 4.78 is 0. The van der Waals surface area contributed by atoms with Gasteiger partial charge in [-0.25, -0.2) is 10.2 Å². The molecule has 1 heterocycles. The van der Waals surface area contributed by atoms with Crippen LogP contribution in [0.25, 0.3) is 0 Å². The van der Waals surface area contributed by atoms with Gasteiger partial charge in [0.1, 0.15) is 0 Å². The maximum absolute atomic E-state index is 12.4. The van der Waals surface area contributed by atoms with Crippen LogP contribution >= 0.6 is 11.6 Å². The van der Waals surface area contributed by atoms with E-state index < -0.39 is 11.0 Å². The normalized spacial score (nSPS) is 16.0. The molecule has 4 rings (SSSR count). The van der Waals surface area contributed by atoms with Gasteiger partial charge in [0.25, 0.3) is 5.69 Å². The van der Waals surface area contributed by atoms with Crippen molar-refractivity contribution in [2.45, 2.75) is 26.3 Å².